The summed E-state index contributed by atoms with van der Waals surface area (Å²) in [5, 5.41) is 0. The van der Waals surface area contributed by atoms with E-state index in [0.29, 0.717) is 23.8 Å². The Hall–Kier alpha value is -0.755. The smallest absolute Gasteiger partial charge is 0.480 e. The molecule has 0 spiro atoms. The highest BCUT2D eigenvalue weighted by Crippen LogP contribution is 2.37. The number of aromatic nitrogens is 1. The molecule has 1 N–H and O–H groups in total. The van der Waals surface area contributed by atoms with E-state index in [4.69, 9.17) is 14.0 Å². The Morgan fingerprint density at radius 1 is 1.08 bits per heavy atom. The summed E-state index contributed by atoms with van der Waals surface area (Å²) in [6.45, 7) is 17.1. The van der Waals surface area contributed by atoms with Crippen LogP contribution in [0.25, 0.3) is 0 Å². The van der Waals surface area contributed by atoms with Crippen LogP contribution in [-0.4, -0.2) is 36.5 Å². The van der Waals surface area contributed by atoms with Gasteiger partial charge in [-0.1, -0.05) is 27.7 Å². The predicted octanol–water partition coefficient (Wildman–Crippen LogP) is 3.67. The predicted molar refractivity (Wildman–Crippen MR) is 109 cm³/mol. The lowest BCUT2D eigenvalue weighted by Crippen LogP contribution is -2.41. The summed E-state index contributed by atoms with van der Waals surface area (Å²) in [6, 6.07) is 2.44. The summed E-state index contributed by atoms with van der Waals surface area (Å²) in [7, 11) is 1.22. The third kappa shape index (κ3) is 4.56. The van der Waals surface area contributed by atoms with Crippen LogP contribution in [0.3, 0.4) is 0 Å². The summed E-state index contributed by atoms with van der Waals surface area (Å²) >= 11 is 1.56. The van der Waals surface area contributed by atoms with E-state index >= 15 is 0 Å². The second kappa shape index (κ2) is 8.09. The van der Waals surface area contributed by atoms with Gasteiger partial charge < -0.3 is 14.0 Å². The maximum absolute atomic E-state index is 6.15. The molecule has 0 bridgehead atoms. The second-order valence-electron chi connectivity index (χ2n) is 8.60. The fourth-order valence-corrected chi connectivity index (χ4v) is 4.18. The molecule has 0 aromatic carbocycles. The second-order valence-corrected chi connectivity index (χ2v) is 9.48. The summed E-state index contributed by atoms with van der Waals surface area (Å²) in [4.78, 5) is 5.40. The standard InChI is InChI=1S/C19H33BN2O3S/c1-12(2)16(13(3)4)22-26-15-10-14(11-21-17(15)23-9)20-24-18(5,6)19(7,8)25-20/h10-13,16,22H,1-9H3. The van der Waals surface area contributed by atoms with Gasteiger partial charge >= 0.3 is 7.12 Å². The SMILES string of the molecule is COc1ncc(B2OC(C)(C)C(C)(C)O2)cc1SNC(C(C)C)C(C)C. The summed E-state index contributed by atoms with van der Waals surface area (Å²) in [5.74, 6) is 1.68. The third-order valence-electron chi connectivity index (χ3n) is 5.30. The average Bonchev–Trinajstić information content (AvgIpc) is 2.74. The molecule has 7 heteroatoms. The maximum atomic E-state index is 6.15. The maximum Gasteiger partial charge on any atom is 0.496 e. The Bertz CT molecular complexity index is 599. The highest BCUT2D eigenvalue weighted by atomic mass is 32.2. The van der Waals surface area contributed by atoms with Gasteiger partial charge in [0.25, 0.3) is 0 Å². The number of pyridine rings is 1. The fraction of sp³-hybridized carbons (Fsp3) is 0.737. The first-order valence-electron chi connectivity index (χ1n) is 9.30. The average molecular weight is 380 g/mol. The van der Waals surface area contributed by atoms with Gasteiger partial charge in [0.05, 0.1) is 23.2 Å². The van der Waals surface area contributed by atoms with Crippen LogP contribution in [0, 0.1) is 11.8 Å². The molecule has 2 heterocycles. The van der Waals surface area contributed by atoms with Crippen molar-refractivity contribution in [3.8, 4) is 5.88 Å². The molecule has 0 saturated carbocycles. The first-order valence-corrected chi connectivity index (χ1v) is 10.1. The topological polar surface area (TPSA) is 52.6 Å². The Balaban J connectivity index is 2.21. The zero-order valence-electron chi connectivity index (χ0n) is 17.5. The Morgan fingerprint density at radius 2 is 1.62 bits per heavy atom. The van der Waals surface area contributed by atoms with E-state index in [-0.39, 0.29) is 11.2 Å². The van der Waals surface area contributed by atoms with Crippen molar-refractivity contribution < 1.29 is 14.0 Å². The van der Waals surface area contributed by atoms with E-state index in [1.807, 2.05) is 6.07 Å². The first kappa shape index (κ1) is 21.5. The summed E-state index contributed by atoms with van der Waals surface area (Å²) in [5.41, 5.74) is 0.159. The van der Waals surface area contributed by atoms with Crippen LogP contribution in [0.4, 0.5) is 0 Å². The fourth-order valence-electron chi connectivity index (χ4n) is 2.96. The van der Waals surface area contributed by atoms with Gasteiger partial charge in [0.15, 0.2) is 0 Å². The van der Waals surface area contributed by atoms with Crippen molar-refractivity contribution in [1.29, 1.82) is 0 Å². The van der Waals surface area contributed by atoms with E-state index < -0.39 is 7.12 Å². The molecule has 5 nitrogen and oxygen atoms in total. The van der Waals surface area contributed by atoms with Gasteiger partial charge in [-0.05, 0) is 57.5 Å². The number of nitrogens with zero attached hydrogens (tertiary/aromatic N) is 1. The van der Waals surface area contributed by atoms with E-state index in [9.17, 15) is 0 Å². The van der Waals surface area contributed by atoms with E-state index in [1.54, 1.807) is 25.3 Å². The first-order chi connectivity index (χ1) is 12.0. The van der Waals surface area contributed by atoms with Crippen LogP contribution in [0.1, 0.15) is 55.4 Å². The zero-order valence-corrected chi connectivity index (χ0v) is 18.4. The molecule has 1 aromatic heterocycles. The van der Waals surface area contributed by atoms with Crippen molar-refractivity contribution in [1.82, 2.24) is 9.71 Å². The summed E-state index contributed by atoms with van der Waals surface area (Å²) < 4.78 is 21.3. The van der Waals surface area contributed by atoms with Crippen molar-refractivity contribution in [3.63, 3.8) is 0 Å². The highest BCUT2D eigenvalue weighted by molar-refractivity contribution is 7.97. The number of methoxy groups -OCH3 is 1. The Kier molecular flexibility index (Phi) is 6.70. The number of hydrogen-bond acceptors (Lipinski definition) is 6. The molecule has 0 aliphatic carbocycles. The van der Waals surface area contributed by atoms with Gasteiger partial charge in [-0.3, -0.25) is 4.72 Å². The summed E-state index contributed by atoms with van der Waals surface area (Å²) in [6.07, 6.45) is 1.77. The largest absolute Gasteiger partial charge is 0.496 e. The van der Waals surface area contributed by atoms with Gasteiger partial charge in [-0.15, -0.1) is 0 Å². The van der Waals surface area contributed by atoms with Gasteiger partial charge in [0, 0.05) is 17.7 Å². The number of rotatable bonds is 7. The number of hydrogen-bond donors (Lipinski definition) is 1. The lowest BCUT2D eigenvalue weighted by molar-refractivity contribution is 0.00578. The molecule has 26 heavy (non-hydrogen) atoms. The molecule has 0 unspecified atom stereocenters. The molecular weight excluding hydrogens is 347 g/mol. The molecule has 146 valence electrons. The van der Waals surface area contributed by atoms with Crippen LogP contribution in [-0.2, 0) is 9.31 Å². The molecule has 0 atom stereocenters. The van der Waals surface area contributed by atoms with E-state index in [0.717, 1.165) is 10.4 Å². The molecule has 2 rings (SSSR count). The minimum Gasteiger partial charge on any atom is -0.480 e. The van der Waals surface area contributed by atoms with Gasteiger partial charge in [0.2, 0.25) is 5.88 Å². The quantitative estimate of drug-likeness (QED) is 0.576. The molecule has 1 aliphatic heterocycles. The number of nitrogens with one attached hydrogen (secondary N) is 1. The lowest BCUT2D eigenvalue weighted by Gasteiger charge is -2.32. The molecule has 0 radical (unpaired) electrons. The number of ether oxygens (including phenoxy) is 1. The molecule has 1 aliphatic rings. The Morgan fingerprint density at radius 3 is 2.08 bits per heavy atom. The molecular formula is C19H33BN2O3S. The third-order valence-corrected chi connectivity index (χ3v) is 6.20. The molecule has 1 saturated heterocycles. The highest BCUT2D eigenvalue weighted by Gasteiger charge is 2.51. The van der Waals surface area contributed by atoms with Crippen LogP contribution in [0.15, 0.2) is 17.2 Å². The van der Waals surface area contributed by atoms with Crippen molar-refractivity contribution in [3.05, 3.63) is 12.3 Å². The minimum absolute atomic E-state index is 0.371. The van der Waals surface area contributed by atoms with Gasteiger partial charge in [0.1, 0.15) is 0 Å². The monoisotopic (exact) mass is 380 g/mol. The van der Waals surface area contributed by atoms with Crippen LogP contribution >= 0.6 is 11.9 Å². The normalized spacial score (nSPS) is 19.0. The van der Waals surface area contributed by atoms with Crippen molar-refractivity contribution in [2.45, 2.75) is 77.5 Å². The lowest BCUT2D eigenvalue weighted by atomic mass is 9.80. The zero-order chi connectivity index (χ0) is 19.7. The Labute approximate surface area is 163 Å². The minimum atomic E-state index is -0.427. The molecule has 1 aromatic rings. The van der Waals surface area contributed by atoms with Crippen LogP contribution in [0.5, 0.6) is 5.88 Å². The van der Waals surface area contributed by atoms with Crippen molar-refractivity contribution in [2.75, 3.05) is 7.11 Å². The van der Waals surface area contributed by atoms with E-state index in [2.05, 4.69) is 65.1 Å². The van der Waals surface area contributed by atoms with Crippen molar-refractivity contribution in [2.24, 2.45) is 11.8 Å². The van der Waals surface area contributed by atoms with Crippen molar-refractivity contribution >= 4 is 24.5 Å². The van der Waals surface area contributed by atoms with Crippen LogP contribution in [0.2, 0.25) is 0 Å². The molecule has 0 amide bonds. The molecule has 1 fully saturated rings. The van der Waals surface area contributed by atoms with Gasteiger partial charge in [-0.2, -0.15) is 0 Å². The van der Waals surface area contributed by atoms with E-state index in [1.165, 1.54) is 0 Å². The van der Waals surface area contributed by atoms with Crippen LogP contribution < -0.4 is 14.9 Å². The van der Waals surface area contributed by atoms with Gasteiger partial charge in [-0.25, -0.2) is 4.98 Å².